The van der Waals surface area contributed by atoms with Crippen LogP contribution in [0.1, 0.15) is 10.4 Å². The lowest BCUT2D eigenvalue weighted by Gasteiger charge is -2.05. The highest BCUT2D eigenvalue weighted by atomic mass is 32.2. The van der Waals surface area contributed by atoms with Gasteiger partial charge in [0.15, 0.2) is 15.6 Å². The SMILES string of the molecule is COc1cnc(NC(=O)c2ccc(S(C)(=O)=O)cc2)nc1. The molecular formula is C13H13N3O4S. The Hall–Kier alpha value is -2.48. The van der Waals surface area contributed by atoms with E-state index in [2.05, 4.69) is 15.3 Å². The first-order chi connectivity index (χ1) is 9.90. The van der Waals surface area contributed by atoms with Gasteiger partial charge in [-0.2, -0.15) is 0 Å². The Morgan fingerprint density at radius 3 is 2.19 bits per heavy atom. The molecule has 1 heterocycles. The molecule has 0 saturated carbocycles. The molecule has 0 aliphatic carbocycles. The quantitative estimate of drug-likeness (QED) is 0.909. The normalized spacial score (nSPS) is 11.0. The van der Waals surface area contributed by atoms with Gasteiger partial charge in [0.05, 0.1) is 24.4 Å². The molecule has 0 atom stereocenters. The highest BCUT2D eigenvalue weighted by Crippen LogP contribution is 2.12. The van der Waals surface area contributed by atoms with E-state index in [0.29, 0.717) is 11.3 Å². The fourth-order valence-corrected chi connectivity index (χ4v) is 2.14. The average Bonchev–Trinajstić information content (AvgIpc) is 2.47. The number of ether oxygens (including phenoxy) is 1. The summed E-state index contributed by atoms with van der Waals surface area (Å²) in [6.07, 6.45) is 3.96. The minimum Gasteiger partial charge on any atom is -0.494 e. The van der Waals surface area contributed by atoms with Crippen LogP contribution >= 0.6 is 0 Å². The molecule has 0 fully saturated rings. The van der Waals surface area contributed by atoms with E-state index in [1.807, 2.05) is 0 Å². The second kappa shape index (κ2) is 5.88. The van der Waals surface area contributed by atoms with Gasteiger partial charge in [0.25, 0.3) is 5.91 Å². The largest absolute Gasteiger partial charge is 0.494 e. The van der Waals surface area contributed by atoms with Gasteiger partial charge in [-0.15, -0.1) is 0 Å². The van der Waals surface area contributed by atoms with Crippen molar-refractivity contribution in [3.8, 4) is 5.75 Å². The number of carbonyl (C=O) groups excluding carboxylic acids is 1. The van der Waals surface area contributed by atoms with Gasteiger partial charge in [0.1, 0.15) is 0 Å². The Labute approximate surface area is 121 Å². The molecule has 1 amide bonds. The Balaban J connectivity index is 2.12. The van der Waals surface area contributed by atoms with Crippen molar-refractivity contribution in [1.82, 2.24) is 9.97 Å². The number of anilines is 1. The third-order valence-corrected chi connectivity index (χ3v) is 3.76. The van der Waals surface area contributed by atoms with Crippen molar-refractivity contribution in [1.29, 1.82) is 0 Å². The molecular weight excluding hydrogens is 294 g/mol. The fourth-order valence-electron chi connectivity index (χ4n) is 1.51. The highest BCUT2D eigenvalue weighted by molar-refractivity contribution is 7.90. The zero-order valence-corrected chi connectivity index (χ0v) is 12.2. The molecule has 8 heteroatoms. The number of sulfone groups is 1. The van der Waals surface area contributed by atoms with E-state index >= 15 is 0 Å². The molecule has 1 N–H and O–H groups in total. The molecule has 2 aromatic rings. The van der Waals surface area contributed by atoms with E-state index < -0.39 is 15.7 Å². The molecule has 21 heavy (non-hydrogen) atoms. The summed E-state index contributed by atoms with van der Waals surface area (Å²) in [6.45, 7) is 0. The average molecular weight is 307 g/mol. The zero-order valence-electron chi connectivity index (χ0n) is 11.4. The zero-order chi connectivity index (χ0) is 15.5. The second-order valence-corrected chi connectivity index (χ2v) is 6.21. The van der Waals surface area contributed by atoms with E-state index in [1.54, 1.807) is 0 Å². The van der Waals surface area contributed by atoms with Gasteiger partial charge in [0, 0.05) is 11.8 Å². The van der Waals surface area contributed by atoms with Crippen LogP contribution in [-0.4, -0.2) is 37.7 Å². The first-order valence-electron chi connectivity index (χ1n) is 5.87. The van der Waals surface area contributed by atoms with Crippen LogP contribution in [0.5, 0.6) is 5.75 Å². The van der Waals surface area contributed by atoms with E-state index in [9.17, 15) is 13.2 Å². The van der Waals surface area contributed by atoms with Gasteiger partial charge < -0.3 is 4.74 Å². The number of nitrogens with zero attached hydrogens (tertiary/aromatic N) is 2. The summed E-state index contributed by atoms with van der Waals surface area (Å²) in [5.74, 6) is 0.179. The molecule has 0 unspecified atom stereocenters. The van der Waals surface area contributed by atoms with Crippen LogP contribution in [0.25, 0.3) is 0 Å². The smallest absolute Gasteiger partial charge is 0.258 e. The van der Waals surface area contributed by atoms with Gasteiger partial charge in [0.2, 0.25) is 5.95 Å². The van der Waals surface area contributed by atoms with Crippen LogP contribution < -0.4 is 10.1 Å². The number of methoxy groups -OCH3 is 1. The summed E-state index contributed by atoms with van der Waals surface area (Å²) in [5.41, 5.74) is 0.307. The van der Waals surface area contributed by atoms with Crippen LogP contribution in [0.2, 0.25) is 0 Å². The molecule has 2 rings (SSSR count). The van der Waals surface area contributed by atoms with Crippen LogP contribution in [0.15, 0.2) is 41.6 Å². The summed E-state index contributed by atoms with van der Waals surface area (Å²) in [4.78, 5) is 19.9. The molecule has 0 saturated heterocycles. The standard InChI is InChI=1S/C13H13N3O4S/c1-20-10-7-14-13(15-8-10)16-12(17)9-3-5-11(6-4-9)21(2,18)19/h3-8H,1-2H3,(H,14,15,16,17). The van der Waals surface area contributed by atoms with Gasteiger partial charge in [-0.3, -0.25) is 10.1 Å². The van der Waals surface area contributed by atoms with Crippen LogP contribution in [-0.2, 0) is 9.84 Å². The monoisotopic (exact) mass is 307 g/mol. The molecule has 7 nitrogen and oxygen atoms in total. The van der Waals surface area contributed by atoms with Gasteiger partial charge in [-0.05, 0) is 24.3 Å². The predicted octanol–water partition coefficient (Wildman–Crippen LogP) is 1.14. The van der Waals surface area contributed by atoms with Crippen molar-refractivity contribution < 1.29 is 17.9 Å². The Morgan fingerprint density at radius 2 is 1.71 bits per heavy atom. The maximum absolute atomic E-state index is 12.0. The lowest BCUT2D eigenvalue weighted by atomic mass is 10.2. The van der Waals surface area contributed by atoms with Crippen molar-refractivity contribution in [2.75, 3.05) is 18.7 Å². The number of benzene rings is 1. The first kappa shape index (κ1) is 14.9. The van der Waals surface area contributed by atoms with Gasteiger partial charge in [-0.25, -0.2) is 18.4 Å². The molecule has 0 bridgehead atoms. The number of carbonyl (C=O) groups is 1. The predicted molar refractivity (Wildman–Crippen MR) is 76.1 cm³/mol. The van der Waals surface area contributed by atoms with Gasteiger partial charge >= 0.3 is 0 Å². The third-order valence-electron chi connectivity index (χ3n) is 2.63. The number of hydrogen-bond donors (Lipinski definition) is 1. The topological polar surface area (TPSA) is 98.2 Å². The number of hydrogen-bond acceptors (Lipinski definition) is 6. The van der Waals surface area contributed by atoms with Crippen LogP contribution in [0, 0.1) is 0 Å². The summed E-state index contributed by atoms with van der Waals surface area (Å²) in [7, 11) is -1.80. The molecule has 0 spiro atoms. The number of amides is 1. The summed E-state index contributed by atoms with van der Waals surface area (Å²) < 4.78 is 27.6. The van der Waals surface area contributed by atoms with Crippen LogP contribution in [0.3, 0.4) is 0 Å². The van der Waals surface area contributed by atoms with Crippen molar-refractivity contribution >= 4 is 21.7 Å². The minimum atomic E-state index is -3.28. The summed E-state index contributed by atoms with van der Waals surface area (Å²) in [6, 6.07) is 5.60. The van der Waals surface area contributed by atoms with Crippen LogP contribution in [0.4, 0.5) is 5.95 Å². The fraction of sp³-hybridized carbons (Fsp3) is 0.154. The second-order valence-electron chi connectivity index (χ2n) is 4.20. The highest BCUT2D eigenvalue weighted by Gasteiger charge is 2.11. The van der Waals surface area contributed by atoms with Crippen molar-refractivity contribution in [3.63, 3.8) is 0 Å². The Kier molecular flexibility index (Phi) is 4.18. The number of rotatable bonds is 4. The molecule has 0 radical (unpaired) electrons. The Bertz CT molecular complexity index is 740. The minimum absolute atomic E-state index is 0.132. The van der Waals surface area contributed by atoms with Gasteiger partial charge in [-0.1, -0.05) is 0 Å². The van der Waals surface area contributed by atoms with E-state index in [1.165, 1.54) is 43.8 Å². The maximum Gasteiger partial charge on any atom is 0.258 e. The number of nitrogens with one attached hydrogen (secondary N) is 1. The first-order valence-corrected chi connectivity index (χ1v) is 7.77. The van der Waals surface area contributed by atoms with E-state index in [-0.39, 0.29) is 10.8 Å². The molecule has 1 aromatic heterocycles. The third kappa shape index (κ3) is 3.76. The lowest BCUT2D eigenvalue weighted by molar-refractivity contribution is 0.102. The lowest BCUT2D eigenvalue weighted by Crippen LogP contribution is -2.14. The molecule has 0 aliphatic heterocycles. The summed E-state index contributed by atoms with van der Waals surface area (Å²) >= 11 is 0. The van der Waals surface area contributed by atoms with Crippen molar-refractivity contribution in [2.24, 2.45) is 0 Å². The van der Waals surface area contributed by atoms with Crippen molar-refractivity contribution in [2.45, 2.75) is 4.90 Å². The van der Waals surface area contributed by atoms with E-state index in [4.69, 9.17) is 4.74 Å². The maximum atomic E-state index is 12.0. The molecule has 110 valence electrons. The number of aromatic nitrogens is 2. The molecule has 0 aliphatic rings. The Morgan fingerprint density at radius 1 is 1.14 bits per heavy atom. The van der Waals surface area contributed by atoms with Crippen molar-refractivity contribution in [3.05, 3.63) is 42.2 Å². The molecule has 1 aromatic carbocycles. The summed E-state index contributed by atoms with van der Waals surface area (Å²) in [5, 5.41) is 2.50. The van der Waals surface area contributed by atoms with E-state index in [0.717, 1.165) is 6.26 Å².